The first-order chi connectivity index (χ1) is 46.8. The molecule has 0 atom stereocenters. The Bertz CT molecular complexity index is 4340. The van der Waals surface area contributed by atoms with E-state index in [1.165, 1.54) is 97.1 Å². The smallest absolute Gasteiger partial charge is 0.158 e. The quantitative estimate of drug-likeness (QED) is 0.0506. The van der Waals surface area contributed by atoms with Crippen molar-refractivity contribution in [2.75, 3.05) is 0 Å². The zero-order valence-corrected chi connectivity index (χ0v) is 52.2. The number of hydrogen-bond donors (Lipinski definition) is 16. The van der Waals surface area contributed by atoms with Crippen LogP contribution >= 0.6 is 0 Å². The number of hydrogen-bond acceptors (Lipinski definition) is 16. The SMILES string of the molecule is Oc1ccc(-c2cc(-c3ccc(O)c(O)c3)cc(C34CC5(c6cc(-c7ccc(O)c(O)c7)cc(-c7ccc(O)c(O)c7)c6)CC(c6cc(-c7ccc(O)c(O)c7)cc(-c7ccc(O)c(O)c7)c6)(C3)CC(c3cc(-c6ccc(O)c(O)c6)cc(-c6ccc(O)c(O)c6)c3)(C4)C5)c2)cc1O. The van der Waals surface area contributed by atoms with E-state index in [0.717, 1.165) is 22.3 Å². The molecule has 12 aromatic rings. The molecule has 4 bridgehead atoms. The number of phenols is 16. The Morgan fingerprint density at radius 2 is 0.255 bits per heavy atom. The molecule has 0 aromatic heterocycles. The minimum absolute atomic E-state index is 0.342. The summed E-state index contributed by atoms with van der Waals surface area (Å²) < 4.78 is 0. The lowest BCUT2D eigenvalue weighted by molar-refractivity contribution is -0.0690. The largest absolute Gasteiger partial charge is 0.504 e. The van der Waals surface area contributed by atoms with Gasteiger partial charge in [0.05, 0.1) is 0 Å². The maximum atomic E-state index is 11.2. The average Bonchev–Trinajstić information content (AvgIpc) is 0.662. The van der Waals surface area contributed by atoms with E-state index in [1.807, 2.05) is 24.3 Å². The molecule has 4 fully saturated rings. The Balaban J connectivity index is 1.10. The molecule has 0 radical (unpaired) electrons. The van der Waals surface area contributed by atoms with Crippen molar-refractivity contribution >= 4 is 0 Å². The lowest BCUT2D eigenvalue weighted by Gasteiger charge is -2.71. The maximum absolute atomic E-state index is 11.2. The molecule has 16 N–H and O–H groups in total. The molecule has 0 amide bonds. The van der Waals surface area contributed by atoms with E-state index in [9.17, 15) is 81.7 Å². The van der Waals surface area contributed by atoms with E-state index in [4.69, 9.17) is 0 Å². The summed E-state index contributed by atoms with van der Waals surface area (Å²) in [4.78, 5) is 0. The first-order valence-corrected chi connectivity index (χ1v) is 31.7. The maximum Gasteiger partial charge on any atom is 0.158 e. The van der Waals surface area contributed by atoms with Crippen LogP contribution in [-0.2, 0) is 21.7 Å². The molecule has 0 saturated heterocycles. The fourth-order valence-corrected chi connectivity index (χ4v) is 16.6. The van der Waals surface area contributed by atoms with E-state index >= 15 is 0 Å². The molecule has 16 nitrogen and oxygen atoms in total. The highest BCUT2D eigenvalue weighted by molar-refractivity contribution is 5.83. The zero-order valence-electron chi connectivity index (χ0n) is 52.2. The van der Waals surface area contributed by atoms with Gasteiger partial charge in [-0.1, -0.05) is 97.1 Å². The zero-order chi connectivity index (χ0) is 68.5. The first-order valence-electron chi connectivity index (χ1n) is 31.7. The van der Waals surface area contributed by atoms with E-state index < -0.39 is 21.7 Å². The molecule has 12 aromatic carbocycles. The van der Waals surface area contributed by atoms with Crippen molar-refractivity contribution < 1.29 is 81.7 Å². The van der Waals surface area contributed by atoms with E-state index in [-0.39, 0.29) is 92.0 Å². The first kappa shape index (κ1) is 61.6. The van der Waals surface area contributed by atoms with Crippen molar-refractivity contribution in [2.24, 2.45) is 0 Å². The second-order valence-electron chi connectivity index (χ2n) is 27.0. The molecule has 4 aliphatic rings. The number of benzene rings is 12. The van der Waals surface area contributed by atoms with Gasteiger partial charge in [0.25, 0.3) is 0 Å². The fraction of sp³-hybridized carbons (Fsp3) is 0.122. The molecule has 488 valence electrons. The summed E-state index contributed by atoms with van der Waals surface area (Å²) in [6.45, 7) is 0. The molecule has 16 heteroatoms. The van der Waals surface area contributed by atoms with E-state index in [1.54, 1.807) is 48.5 Å². The minimum atomic E-state index is -0.977. The standard InChI is InChI=1S/C82H64O16/c83-63-9-1-43(29-71(63)91)51-17-52(44-2-10-64(84)72(92)30-44)22-59(21-51)79-37-80(60-23-53(45-3-11-65(85)73(93)31-45)18-54(24-60)46-4-12-66(86)74(94)32-46)40-81(38-79,61-25-55(47-5-13-67(87)75(95)33-47)19-56(26-61)48-6-14-68(88)76(96)34-48)42-82(39-79,41-80)62-27-57(49-7-15-69(89)77(97)35-49)20-58(28-62)50-8-16-70(90)78(98)36-50/h1-36,83-98H,37-42H2. The highest BCUT2D eigenvalue weighted by Crippen LogP contribution is 2.76. The van der Waals surface area contributed by atoms with Crippen molar-refractivity contribution in [2.45, 2.75) is 60.2 Å². The van der Waals surface area contributed by atoms with Gasteiger partial charge in [0.2, 0.25) is 0 Å². The van der Waals surface area contributed by atoms with Gasteiger partial charge in [0, 0.05) is 0 Å². The van der Waals surface area contributed by atoms with Crippen LogP contribution < -0.4 is 0 Å². The highest BCUT2D eigenvalue weighted by Gasteiger charge is 2.70. The third-order valence-corrected chi connectivity index (χ3v) is 20.7. The normalized spacial score (nSPS) is 19.2. The highest BCUT2D eigenvalue weighted by atomic mass is 16.3. The van der Waals surface area contributed by atoms with Gasteiger partial charge in [-0.25, -0.2) is 0 Å². The van der Waals surface area contributed by atoms with Gasteiger partial charge < -0.3 is 81.7 Å². The summed E-state index contributed by atoms with van der Waals surface area (Å²) in [7, 11) is 0. The Morgan fingerprint density at radius 3 is 0.367 bits per heavy atom. The van der Waals surface area contributed by atoms with E-state index in [2.05, 4.69) is 48.5 Å². The molecule has 4 aliphatic carbocycles. The van der Waals surface area contributed by atoms with Crippen LogP contribution in [0.25, 0.3) is 89.0 Å². The molecule has 0 heterocycles. The van der Waals surface area contributed by atoms with Crippen molar-refractivity contribution in [3.63, 3.8) is 0 Å². The van der Waals surface area contributed by atoms with Crippen LogP contribution in [0.3, 0.4) is 0 Å². The predicted octanol–water partition coefficient (Wildman–Crippen LogP) is 16.7. The average molecular weight is 1310 g/mol. The topological polar surface area (TPSA) is 324 Å². The lowest BCUT2D eigenvalue weighted by Crippen LogP contribution is -2.67. The Morgan fingerprint density at radius 1 is 0.133 bits per heavy atom. The van der Waals surface area contributed by atoms with Gasteiger partial charge in [-0.3, -0.25) is 0 Å². The number of rotatable bonds is 12. The molecule has 0 spiro atoms. The molecule has 0 unspecified atom stereocenters. The lowest BCUT2D eigenvalue weighted by atomic mass is 9.32. The minimum Gasteiger partial charge on any atom is -0.504 e. The third-order valence-electron chi connectivity index (χ3n) is 20.7. The summed E-state index contributed by atoms with van der Waals surface area (Å²) in [6, 6.07) is 60.8. The summed E-state index contributed by atoms with van der Waals surface area (Å²) in [5, 5.41) is 176. The van der Waals surface area contributed by atoms with Crippen LogP contribution in [0.4, 0.5) is 0 Å². The van der Waals surface area contributed by atoms with Gasteiger partial charge >= 0.3 is 0 Å². The van der Waals surface area contributed by atoms with Gasteiger partial charge in [0.15, 0.2) is 92.0 Å². The summed E-state index contributed by atoms with van der Waals surface area (Å²) in [5.74, 6) is -5.72. The monoisotopic (exact) mass is 1300 g/mol. The third kappa shape index (κ3) is 10.6. The van der Waals surface area contributed by atoms with Crippen molar-refractivity contribution in [3.05, 3.63) is 241 Å². The second-order valence-corrected chi connectivity index (χ2v) is 27.0. The molecule has 4 saturated carbocycles. The fourth-order valence-electron chi connectivity index (χ4n) is 16.6. The Kier molecular flexibility index (Phi) is 14.2. The van der Waals surface area contributed by atoms with Gasteiger partial charge in [-0.2, -0.15) is 0 Å². The predicted molar refractivity (Wildman–Crippen MR) is 370 cm³/mol. The van der Waals surface area contributed by atoms with Crippen molar-refractivity contribution in [1.82, 2.24) is 0 Å². The van der Waals surface area contributed by atoms with Crippen LogP contribution in [0.15, 0.2) is 218 Å². The van der Waals surface area contributed by atoms with Crippen molar-refractivity contribution in [3.8, 4) is 181 Å². The van der Waals surface area contributed by atoms with Gasteiger partial charge in [0.1, 0.15) is 0 Å². The summed E-state index contributed by atoms with van der Waals surface area (Å²) >= 11 is 0. The van der Waals surface area contributed by atoms with Crippen LogP contribution in [0.1, 0.15) is 60.8 Å². The Hall–Kier alpha value is -12.6. The second kappa shape index (κ2) is 22.6. The van der Waals surface area contributed by atoms with E-state index in [0.29, 0.717) is 128 Å². The van der Waals surface area contributed by atoms with Gasteiger partial charge in [-0.15, -0.1) is 0 Å². The molecular formula is C82H64O16. The Labute approximate surface area is 560 Å². The van der Waals surface area contributed by atoms with Crippen LogP contribution in [0, 0.1) is 0 Å². The molecule has 98 heavy (non-hydrogen) atoms. The summed E-state index contributed by atoms with van der Waals surface area (Å²) in [5.41, 5.74) is 8.50. The summed E-state index contributed by atoms with van der Waals surface area (Å²) in [6.07, 6.45) is 2.54. The van der Waals surface area contributed by atoms with Crippen molar-refractivity contribution in [1.29, 1.82) is 0 Å². The number of aromatic hydroxyl groups is 16. The van der Waals surface area contributed by atoms with Crippen LogP contribution in [0.5, 0.6) is 92.0 Å². The molecule has 0 aliphatic heterocycles. The molecular weight excluding hydrogens is 1240 g/mol. The van der Waals surface area contributed by atoms with Crippen LogP contribution in [0.2, 0.25) is 0 Å². The number of phenolic OH excluding ortho intramolecular Hbond substituents is 16. The van der Waals surface area contributed by atoms with Crippen LogP contribution in [-0.4, -0.2) is 81.7 Å². The molecule has 16 rings (SSSR count). The van der Waals surface area contributed by atoms with Gasteiger partial charge in [-0.05, 0) is 293 Å².